The third kappa shape index (κ3) is 2.77. The van der Waals surface area contributed by atoms with Crippen molar-refractivity contribution in [2.24, 2.45) is 11.3 Å². The first-order chi connectivity index (χ1) is 10.9. The van der Waals surface area contributed by atoms with E-state index in [1.807, 2.05) is 6.92 Å². The van der Waals surface area contributed by atoms with Gasteiger partial charge in [0.15, 0.2) is 0 Å². The molecule has 2 aliphatic rings. The number of carbonyl (C=O) groups is 1. The third-order valence-electron chi connectivity index (χ3n) is 4.99. The van der Waals surface area contributed by atoms with E-state index < -0.39 is 17.5 Å². The third-order valence-corrected chi connectivity index (χ3v) is 4.99. The number of carbonyl (C=O) groups excluding carboxylic acids is 1. The molecule has 2 heterocycles. The highest BCUT2D eigenvalue weighted by molar-refractivity contribution is 5.79. The van der Waals surface area contributed by atoms with Gasteiger partial charge in [0.25, 0.3) is 0 Å². The Kier molecular flexibility index (Phi) is 3.98. The Labute approximate surface area is 132 Å². The highest BCUT2D eigenvalue weighted by Gasteiger charge is 2.68. The van der Waals surface area contributed by atoms with Gasteiger partial charge in [-0.1, -0.05) is 0 Å². The molecule has 126 valence electrons. The number of hydrogen-bond donors (Lipinski definition) is 0. The SMILES string of the molecule is CCOc1ccc(CC(=O)N2C[C@@H]3CC[C@]3(C(F)(F)F)C2)nc1. The second-order valence-electron chi connectivity index (χ2n) is 6.26. The Morgan fingerprint density at radius 1 is 1.48 bits per heavy atom. The van der Waals surface area contributed by atoms with Crippen molar-refractivity contribution in [2.45, 2.75) is 32.4 Å². The summed E-state index contributed by atoms with van der Waals surface area (Å²) in [5.41, 5.74) is -1.13. The van der Waals surface area contributed by atoms with E-state index >= 15 is 0 Å². The van der Waals surface area contributed by atoms with Crippen molar-refractivity contribution in [2.75, 3.05) is 19.7 Å². The van der Waals surface area contributed by atoms with Crippen molar-refractivity contribution in [3.63, 3.8) is 0 Å². The highest BCUT2D eigenvalue weighted by Crippen LogP contribution is 2.60. The molecule has 1 aliphatic heterocycles. The van der Waals surface area contributed by atoms with Crippen molar-refractivity contribution < 1.29 is 22.7 Å². The number of rotatable bonds is 4. The van der Waals surface area contributed by atoms with Crippen LogP contribution in [0.2, 0.25) is 0 Å². The van der Waals surface area contributed by atoms with Gasteiger partial charge in [0.2, 0.25) is 5.91 Å². The monoisotopic (exact) mass is 328 g/mol. The second kappa shape index (κ2) is 5.69. The summed E-state index contributed by atoms with van der Waals surface area (Å²) >= 11 is 0. The summed E-state index contributed by atoms with van der Waals surface area (Å²) in [5, 5.41) is 0. The first-order valence-corrected chi connectivity index (χ1v) is 7.78. The average Bonchev–Trinajstić information content (AvgIpc) is 2.73. The molecule has 4 nitrogen and oxygen atoms in total. The zero-order chi connectivity index (χ0) is 16.7. The van der Waals surface area contributed by atoms with E-state index in [-0.39, 0.29) is 31.8 Å². The fourth-order valence-corrected chi connectivity index (χ4v) is 3.53. The maximum atomic E-state index is 13.3. The maximum absolute atomic E-state index is 13.3. The maximum Gasteiger partial charge on any atom is 0.396 e. The number of nitrogens with zero attached hydrogens (tertiary/aromatic N) is 2. The quantitative estimate of drug-likeness (QED) is 0.853. The molecule has 0 radical (unpaired) electrons. The number of pyridine rings is 1. The zero-order valence-electron chi connectivity index (χ0n) is 12.9. The minimum Gasteiger partial charge on any atom is -0.492 e. The molecule has 1 amide bonds. The van der Waals surface area contributed by atoms with E-state index in [4.69, 9.17) is 4.74 Å². The van der Waals surface area contributed by atoms with Gasteiger partial charge >= 0.3 is 6.18 Å². The average molecular weight is 328 g/mol. The molecule has 0 N–H and O–H groups in total. The molecule has 1 aliphatic carbocycles. The molecule has 0 bridgehead atoms. The number of ether oxygens (including phenoxy) is 1. The Hall–Kier alpha value is -1.79. The van der Waals surface area contributed by atoms with Crippen LogP contribution in [0.3, 0.4) is 0 Å². The summed E-state index contributed by atoms with van der Waals surface area (Å²) in [4.78, 5) is 17.8. The van der Waals surface area contributed by atoms with Crippen molar-refractivity contribution in [1.82, 2.24) is 9.88 Å². The van der Waals surface area contributed by atoms with Crippen molar-refractivity contribution in [1.29, 1.82) is 0 Å². The smallest absolute Gasteiger partial charge is 0.396 e. The van der Waals surface area contributed by atoms with Gasteiger partial charge in [-0.15, -0.1) is 0 Å². The van der Waals surface area contributed by atoms with Gasteiger partial charge in [-0.05, 0) is 37.8 Å². The standard InChI is InChI=1S/C16H19F3N2O2/c1-2-23-13-4-3-12(20-8-13)7-14(22)21-9-11-5-6-15(11,10-21)16(17,18)19/h3-4,8,11H,2,5-7,9-10H2,1H3/t11-,15-/m0/s1. The number of alkyl halides is 3. The Balaban J connectivity index is 1.63. The molecule has 3 rings (SSSR count). The molecule has 1 saturated heterocycles. The predicted molar refractivity (Wildman–Crippen MR) is 76.9 cm³/mol. The van der Waals surface area contributed by atoms with Crippen LogP contribution < -0.4 is 4.74 Å². The lowest BCUT2D eigenvalue weighted by Gasteiger charge is -2.44. The lowest BCUT2D eigenvalue weighted by Crippen LogP contribution is -2.51. The molecule has 2 atom stereocenters. The van der Waals surface area contributed by atoms with Crippen LogP contribution in [0.1, 0.15) is 25.5 Å². The predicted octanol–water partition coefficient (Wildman–Crippen LogP) is 2.82. The van der Waals surface area contributed by atoms with Crippen LogP contribution in [0.15, 0.2) is 18.3 Å². The molecule has 0 unspecified atom stereocenters. The van der Waals surface area contributed by atoms with Crippen LogP contribution in [-0.2, 0) is 11.2 Å². The summed E-state index contributed by atoms with van der Waals surface area (Å²) in [6.45, 7) is 2.37. The van der Waals surface area contributed by atoms with Gasteiger partial charge in [0.05, 0.1) is 24.6 Å². The number of likely N-dealkylation sites (tertiary alicyclic amines) is 1. The largest absolute Gasteiger partial charge is 0.492 e. The first kappa shape index (κ1) is 16.1. The second-order valence-corrected chi connectivity index (χ2v) is 6.26. The van der Waals surface area contributed by atoms with Gasteiger partial charge in [0.1, 0.15) is 5.75 Å². The van der Waals surface area contributed by atoms with E-state index in [1.165, 1.54) is 11.1 Å². The highest BCUT2D eigenvalue weighted by atomic mass is 19.4. The van der Waals surface area contributed by atoms with Gasteiger partial charge < -0.3 is 9.64 Å². The van der Waals surface area contributed by atoms with Crippen LogP contribution >= 0.6 is 0 Å². The minimum absolute atomic E-state index is 0.0209. The fraction of sp³-hybridized carbons (Fsp3) is 0.625. The first-order valence-electron chi connectivity index (χ1n) is 7.78. The van der Waals surface area contributed by atoms with E-state index in [0.717, 1.165) is 0 Å². The Morgan fingerprint density at radius 2 is 2.26 bits per heavy atom. The molecular formula is C16H19F3N2O2. The topological polar surface area (TPSA) is 42.4 Å². The summed E-state index contributed by atoms with van der Waals surface area (Å²) < 4.78 is 45.1. The zero-order valence-corrected chi connectivity index (χ0v) is 12.9. The molecule has 1 aromatic rings. The number of hydrogen-bond acceptors (Lipinski definition) is 3. The van der Waals surface area contributed by atoms with E-state index in [2.05, 4.69) is 4.98 Å². The Bertz CT molecular complexity index is 588. The normalized spacial score (nSPS) is 26.6. The van der Waals surface area contributed by atoms with Crippen LogP contribution in [0, 0.1) is 11.3 Å². The summed E-state index contributed by atoms with van der Waals surface area (Å²) in [5.74, 6) is -0.127. The fourth-order valence-electron chi connectivity index (χ4n) is 3.53. The van der Waals surface area contributed by atoms with Crippen LogP contribution in [0.25, 0.3) is 0 Å². The molecule has 23 heavy (non-hydrogen) atoms. The van der Waals surface area contributed by atoms with Crippen molar-refractivity contribution >= 4 is 5.91 Å². The van der Waals surface area contributed by atoms with Gasteiger partial charge in [0, 0.05) is 18.8 Å². The number of aromatic nitrogens is 1. The molecule has 1 saturated carbocycles. The lowest BCUT2D eigenvalue weighted by molar-refractivity contribution is -0.259. The van der Waals surface area contributed by atoms with Crippen molar-refractivity contribution in [3.05, 3.63) is 24.0 Å². The number of halogens is 3. The minimum atomic E-state index is -4.23. The van der Waals surface area contributed by atoms with E-state index in [1.54, 1.807) is 12.1 Å². The van der Waals surface area contributed by atoms with Crippen molar-refractivity contribution in [3.8, 4) is 5.75 Å². The summed E-state index contributed by atoms with van der Waals surface area (Å²) in [7, 11) is 0. The summed E-state index contributed by atoms with van der Waals surface area (Å²) in [6, 6.07) is 3.39. The molecule has 7 heteroatoms. The molecule has 1 aromatic heterocycles. The van der Waals surface area contributed by atoms with Crippen LogP contribution in [-0.4, -0.2) is 41.7 Å². The van der Waals surface area contributed by atoms with Crippen LogP contribution in [0.4, 0.5) is 13.2 Å². The molecule has 2 fully saturated rings. The molecular weight excluding hydrogens is 309 g/mol. The number of fused-ring (bicyclic) bond motifs is 1. The van der Waals surface area contributed by atoms with Gasteiger partial charge in [-0.3, -0.25) is 9.78 Å². The van der Waals surface area contributed by atoms with Gasteiger partial charge in [-0.25, -0.2) is 0 Å². The number of amides is 1. The Morgan fingerprint density at radius 3 is 2.74 bits per heavy atom. The molecule has 0 aromatic carbocycles. The van der Waals surface area contributed by atoms with E-state index in [9.17, 15) is 18.0 Å². The van der Waals surface area contributed by atoms with Crippen LogP contribution in [0.5, 0.6) is 5.75 Å². The molecule has 0 spiro atoms. The summed E-state index contributed by atoms with van der Waals surface area (Å²) in [6.07, 6.45) is -2.01. The van der Waals surface area contributed by atoms with E-state index in [0.29, 0.717) is 24.5 Å². The lowest BCUT2D eigenvalue weighted by atomic mass is 9.61. The van der Waals surface area contributed by atoms with Gasteiger partial charge in [-0.2, -0.15) is 13.2 Å².